The van der Waals surface area contributed by atoms with Crippen molar-refractivity contribution < 1.29 is 33.4 Å². The minimum Gasteiger partial charge on any atom is -0.465 e. The van der Waals surface area contributed by atoms with Crippen LogP contribution in [-0.2, 0) is 13.6 Å². The van der Waals surface area contributed by atoms with Crippen LogP contribution in [-0.4, -0.2) is 99.6 Å². The lowest BCUT2D eigenvalue weighted by Crippen LogP contribution is -2.79. The van der Waals surface area contributed by atoms with Gasteiger partial charge in [0, 0.05) is 14.1 Å². The van der Waals surface area contributed by atoms with Gasteiger partial charge in [0.05, 0.1) is 18.8 Å². The molecule has 1 aliphatic carbocycles. The molecule has 3 amide bonds. The first kappa shape index (κ1) is 37.1. The number of epoxide rings is 1. The number of aliphatic hydroxyl groups is 1. The largest absolute Gasteiger partial charge is 0.465 e. The van der Waals surface area contributed by atoms with Crippen molar-refractivity contribution >= 4 is 39.1 Å². The summed E-state index contributed by atoms with van der Waals surface area (Å²) in [4.78, 5) is 27.3. The number of carboxylic acid groups (broad SMARTS) is 1. The minimum atomic E-state index is -3.09. The van der Waals surface area contributed by atoms with Crippen LogP contribution in [0.1, 0.15) is 55.4 Å². The third-order valence-electron chi connectivity index (χ3n) is 11.0. The maximum atomic E-state index is 13.6. The Labute approximate surface area is 282 Å². The molecule has 4 N–H and O–H groups in total. The number of carbonyl (C=O) groups is 2. The van der Waals surface area contributed by atoms with Crippen molar-refractivity contribution in [3.8, 4) is 0 Å². The van der Waals surface area contributed by atoms with E-state index in [1.54, 1.807) is 21.0 Å². The van der Waals surface area contributed by atoms with Gasteiger partial charge in [0.1, 0.15) is 22.8 Å². The van der Waals surface area contributed by atoms with E-state index in [9.17, 15) is 19.8 Å². The van der Waals surface area contributed by atoms with Crippen LogP contribution >= 0.6 is 0 Å². The number of carbonyl (C=O) groups excluding carboxylic acids is 1. The molecule has 1 saturated heterocycles. The summed E-state index contributed by atoms with van der Waals surface area (Å²) in [6.45, 7) is 20.4. The van der Waals surface area contributed by atoms with E-state index >= 15 is 0 Å². The number of hydrogen-bond acceptors (Lipinski definition) is 6. The molecule has 2 aromatic rings. The number of nitrogens with zero attached hydrogens (tertiary/aromatic N) is 1. The van der Waals surface area contributed by atoms with Crippen LogP contribution in [0.25, 0.3) is 0 Å². The zero-order valence-corrected chi connectivity index (χ0v) is 32.1. The number of amides is 3. The molecule has 1 heterocycles. The van der Waals surface area contributed by atoms with Gasteiger partial charge < -0.3 is 39.3 Å². The highest BCUT2D eigenvalue weighted by molar-refractivity contribution is 6.99. The van der Waals surface area contributed by atoms with E-state index in [1.807, 2.05) is 43.3 Å². The Morgan fingerprint density at radius 2 is 1.45 bits per heavy atom. The maximum Gasteiger partial charge on any atom is 0.405 e. The number of hydrogen-bond donors (Lipinski definition) is 4. The maximum absolute atomic E-state index is 13.6. The van der Waals surface area contributed by atoms with Crippen LogP contribution in [0.2, 0.25) is 23.2 Å². The first-order chi connectivity index (χ1) is 21.5. The van der Waals surface area contributed by atoms with Crippen LogP contribution in [0.5, 0.6) is 0 Å². The Kier molecular flexibility index (Phi) is 9.70. The van der Waals surface area contributed by atoms with E-state index in [4.69, 9.17) is 13.6 Å². The molecular formula is C35H55N3O7Si2. The Hall–Kier alpha value is -2.75. The fraction of sp³-hybridized carbons (Fsp3) is 0.600. The standard InChI is InChI=1S/C35H55N3O7Si2/c1-24(45-46(11,12)31(2,3)4)35(37-29(39)38(9)10)27(36-30(40)41)28-34(44-28,33(35,8)42)23-43-47(32(5,6)7,25-19-15-13-16-20-25)26-21-17-14-18-22-26/h13-22,24,27-28,36,42H,23H2,1-12H3,(H,37,39)(H,40,41)/t24-,27-,28+,33-,34+,35-/m0/s1. The van der Waals surface area contributed by atoms with Crippen LogP contribution in [0.3, 0.4) is 0 Å². The molecule has 2 fully saturated rings. The van der Waals surface area contributed by atoms with Gasteiger partial charge in [-0.15, -0.1) is 0 Å². The topological polar surface area (TPSA) is 133 Å². The SMILES string of the molecule is C[C@H](O[Si](C)(C)C(C)(C)C)[C@]1(NC(=O)N(C)C)[C@@H](NC(=O)O)[C@H]2O[C@@]2(CO[Si](c2ccccc2)(c2ccccc2)C(C)(C)C)[C@]1(C)O. The molecule has 0 unspecified atom stereocenters. The first-order valence-electron chi connectivity index (χ1n) is 16.3. The third-order valence-corrected chi connectivity index (χ3v) is 20.5. The van der Waals surface area contributed by atoms with E-state index in [1.165, 1.54) is 4.90 Å². The highest BCUT2D eigenvalue weighted by Crippen LogP contribution is 2.62. The zero-order valence-electron chi connectivity index (χ0n) is 30.1. The lowest BCUT2D eigenvalue weighted by molar-refractivity contribution is -0.139. The molecular weight excluding hydrogens is 631 g/mol. The Morgan fingerprint density at radius 1 is 0.957 bits per heavy atom. The van der Waals surface area contributed by atoms with Crippen molar-refractivity contribution in [2.24, 2.45) is 0 Å². The van der Waals surface area contributed by atoms with Gasteiger partial charge in [0.2, 0.25) is 0 Å². The van der Waals surface area contributed by atoms with Crippen molar-refractivity contribution in [3.05, 3.63) is 60.7 Å². The van der Waals surface area contributed by atoms with E-state index in [0.29, 0.717) is 0 Å². The second kappa shape index (κ2) is 12.3. The molecule has 0 bridgehead atoms. The Balaban J connectivity index is 1.90. The highest BCUT2D eigenvalue weighted by Gasteiger charge is 2.87. The lowest BCUT2D eigenvalue weighted by Gasteiger charge is -2.53. The smallest absolute Gasteiger partial charge is 0.405 e. The molecule has 2 aromatic carbocycles. The number of nitrogens with one attached hydrogen (secondary N) is 2. The lowest BCUT2D eigenvalue weighted by atomic mass is 9.73. The molecule has 47 heavy (non-hydrogen) atoms. The average Bonchev–Trinajstić information content (AvgIpc) is 3.67. The van der Waals surface area contributed by atoms with Crippen molar-refractivity contribution in [2.45, 2.75) is 114 Å². The van der Waals surface area contributed by atoms with E-state index in [2.05, 4.69) is 89.5 Å². The monoisotopic (exact) mass is 685 g/mol. The Bertz CT molecular complexity index is 1400. The summed E-state index contributed by atoms with van der Waals surface area (Å²) in [5.74, 6) is 0. The summed E-state index contributed by atoms with van der Waals surface area (Å²) < 4.78 is 20.6. The van der Waals surface area contributed by atoms with Crippen LogP contribution < -0.4 is 21.0 Å². The molecule has 2 aliphatic rings. The molecule has 1 aliphatic heterocycles. The van der Waals surface area contributed by atoms with Crippen molar-refractivity contribution in [3.63, 3.8) is 0 Å². The summed E-state index contributed by atoms with van der Waals surface area (Å²) >= 11 is 0. The molecule has 1 saturated carbocycles. The Morgan fingerprint density at radius 3 is 1.85 bits per heavy atom. The first-order valence-corrected chi connectivity index (χ1v) is 21.2. The second-order valence-electron chi connectivity index (χ2n) is 16.1. The van der Waals surface area contributed by atoms with Gasteiger partial charge in [-0.2, -0.15) is 0 Å². The summed E-state index contributed by atoms with van der Waals surface area (Å²) in [5.41, 5.74) is -4.84. The summed E-state index contributed by atoms with van der Waals surface area (Å²) in [5, 5.41) is 30.4. The second-order valence-corrected chi connectivity index (χ2v) is 25.2. The van der Waals surface area contributed by atoms with Crippen molar-refractivity contribution in [1.82, 2.24) is 15.5 Å². The molecule has 4 rings (SSSR count). The van der Waals surface area contributed by atoms with E-state index in [-0.39, 0.29) is 16.7 Å². The molecule has 10 nitrogen and oxygen atoms in total. The van der Waals surface area contributed by atoms with Gasteiger partial charge >= 0.3 is 12.1 Å². The molecule has 0 spiro atoms. The van der Waals surface area contributed by atoms with Gasteiger partial charge in [-0.3, -0.25) is 0 Å². The van der Waals surface area contributed by atoms with Gasteiger partial charge in [-0.05, 0) is 47.4 Å². The van der Waals surface area contributed by atoms with Crippen molar-refractivity contribution in [1.29, 1.82) is 0 Å². The quantitative estimate of drug-likeness (QED) is 0.214. The number of rotatable bonds is 10. The summed E-state index contributed by atoms with van der Waals surface area (Å²) in [6.07, 6.45) is -2.92. The fourth-order valence-electron chi connectivity index (χ4n) is 7.32. The van der Waals surface area contributed by atoms with Crippen LogP contribution in [0.15, 0.2) is 60.7 Å². The zero-order chi connectivity index (χ0) is 35.4. The molecule has 12 heteroatoms. The predicted octanol–water partition coefficient (Wildman–Crippen LogP) is 4.52. The minimum absolute atomic E-state index is 0.0395. The average molecular weight is 686 g/mol. The van der Waals surface area contributed by atoms with Gasteiger partial charge in [0.25, 0.3) is 8.32 Å². The fourth-order valence-corrected chi connectivity index (χ4v) is 13.3. The summed E-state index contributed by atoms with van der Waals surface area (Å²) in [7, 11) is -2.39. The van der Waals surface area contributed by atoms with Gasteiger partial charge in [-0.25, -0.2) is 9.59 Å². The number of ether oxygens (including phenoxy) is 1. The van der Waals surface area contributed by atoms with Gasteiger partial charge in [-0.1, -0.05) is 102 Å². The molecule has 260 valence electrons. The van der Waals surface area contributed by atoms with Crippen LogP contribution in [0.4, 0.5) is 9.59 Å². The predicted molar refractivity (Wildman–Crippen MR) is 189 cm³/mol. The van der Waals surface area contributed by atoms with E-state index < -0.39 is 63.7 Å². The van der Waals surface area contributed by atoms with Gasteiger partial charge in [0.15, 0.2) is 8.32 Å². The van der Waals surface area contributed by atoms with Crippen molar-refractivity contribution in [2.75, 3.05) is 20.7 Å². The van der Waals surface area contributed by atoms with E-state index in [0.717, 1.165) is 10.4 Å². The molecule has 0 radical (unpaired) electrons. The number of fused-ring (bicyclic) bond motifs is 1. The molecule has 0 aromatic heterocycles. The highest BCUT2D eigenvalue weighted by atomic mass is 28.4. The van der Waals surface area contributed by atoms with Crippen LogP contribution in [0, 0.1) is 0 Å². The number of urea groups is 1. The number of benzene rings is 2. The molecule has 6 atom stereocenters. The summed E-state index contributed by atoms with van der Waals surface area (Å²) in [6, 6.07) is 18.8. The third kappa shape index (κ3) is 5.95. The normalized spacial score (nSPS) is 28.3.